The summed E-state index contributed by atoms with van der Waals surface area (Å²) in [6, 6.07) is 0. The van der Waals surface area contributed by atoms with Gasteiger partial charge in [-0.3, -0.25) is 0 Å². The normalized spacial score (nSPS) is 10.4. The molecule has 0 atom stereocenters. The lowest BCUT2D eigenvalue weighted by molar-refractivity contribution is 0.498. The summed E-state index contributed by atoms with van der Waals surface area (Å²) in [4.78, 5) is 0. The Bertz CT molecular complexity index is 379. The largest absolute Gasteiger partial charge is 0.203 e. The first-order chi connectivity index (χ1) is 6.54. The van der Waals surface area contributed by atoms with Gasteiger partial charge in [-0.2, -0.15) is 0 Å². The van der Waals surface area contributed by atoms with Crippen LogP contribution in [0.4, 0.5) is 8.78 Å². The van der Waals surface area contributed by atoms with E-state index in [1.165, 1.54) is 6.08 Å². The SMILES string of the molecule is C=Cc1c(C)c(CC)c(C)c(F)c1F. The molecule has 0 nitrogen and oxygen atoms in total. The summed E-state index contributed by atoms with van der Waals surface area (Å²) < 4.78 is 26.8. The van der Waals surface area contributed by atoms with E-state index in [0.717, 1.165) is 11.1 Å². The second-order valence-electron chi connectivity index (χ2n) is 3.33. The second-order valence-corrected chi connectivity index (χ2v) is 3.33. The highest BCUT2D eigenvalue weighted by molar-refractivity contribution is 5.57. The Labute approximate surface area is 83.3 Å². The van der Waals surface area contributed by atoms with Gasteiger partial charge in [0.05, 0.1) is 0 Å². The van der Waals surface area contributed by atoms with Gasteiger partial charge in [-0.05, 0) is 37.0 Å². The monoisotopic (exact) mass is 196 g/mol. The summed E-state index contributed by atoms with van der Waals surface area (Å²) in [5.74, 6) is -1.53. The van der Waals surface area contributed by atoms with Crippen LogP contribution in [0.5, 0.6) is 0 Å². The van der Waals surface area contributed by atoms with E-state index in [0.29, 0.717) is 12.0 Å². The van der Waals surface area contributed by atoms with Crippen LogP contribution < -0.4 is 0 Å². The maximum absolute atomic E-state index is 13.4. The van der Waals surface area contributed by atoms with Gasteiger partial charge in [-0.1, -0.05) is 19.6 Å². The smallest absolute Gasteiger partial charge is 0.166 e. The quantitative estimate of drug-likeness (QED) is 0.675. The standard InChI is InChI=1S/C12H14F2/c1-5-9-7(3)10(6-2)12(14)11(13)8(9)4/h6H,2,5H2,1,3-4H3. The lowest BCUT2D eigenvalue weighted by Gasteiger charge is -2.13. The molecule has 0 aliphatic heterocycles. The van der Waals surface area contributed by atoms with E-state index in [4.69, 9.17) is 0 Å². The number of hydrogen-bond donors (Lipinski definition) is 0. The van der Waals surface area contributed by atoms with Crippen molar-refractivity contribution in [3.63, 3.8) is 0 Å². The van der Waals surface area contributed by atoms with Gasteiger partial charge in [-0.15, -0.1) is 0 Å². The van der Waals surface area contributed by atoms with Crippen LogP contribution in [-0.2, 0) is 6.42 Å². The fourth-order valence-corrected chi connectivity index (χ4v) is 1.80. The Balaban J connectivity index is 3.64. The highest BCUT2D eigenvalue weighted by atomic mass is 19.2. The Morgan fingerprint density at radius 1 is 1.14 bits per heavy atom. The summed E-state index contributed by atoms with van der Waals surface area (Å²) >= 11 is 0. The molecule has 1 rings (SSSR count). The molecule has 0 aliphatic carbocycles. The molecule has 0 N–H and O–H groups in total. The molecule has 0 unspecified atom stereocenters. The first-order valence-electron chi connectivity index (χ1n) is 4.64. The maximum atomic E-state index is 13.4. The molecule has 0 spiro atoms. The van der Waals surface area contributed by atoms with Crippen molar-refractivity contribution in [3.05, 3.63) is 40.5 Å². The van der Waals surface area contributed by atoms with Crippen molar-refractivity contribution >= 4 is 6.08 Å². The van der Waals surface area contributed by atoms with E-state index < -0.39 is 11.6 Å². The number of halogens is 2. The van der Waals surface area contributed by atoms with Crippen LogP contribution in [0.2, 0.25) is 0 Å². The lowest BCUT2D eigenvalue weighted by atomic mass is 9.95. The highest BCUT2D eigenvalue weighted by Crippen LogP contribution is 2.26. The molecular weight excluding hydrogens is 182 g/mol. The summed E-state index contributed by atoms with van der Waals surface area (Å²) in [6.45, 7) is 8.83. The van der Waals surface area contributed by atoms with Crippen molar-refractivity contribution in [1.29, 1.82) is 0 Å². The molecule has 0 amide bonds. The molecule has 0 fully saturated rings. The predicted molar refractivity (Wildman–Crippen MR) is 55.3 cm³/mol. The van der Waals surface area contributed by atoms with Crippen LogP contribution in [0.25, 0.3) is 6.08 Å². The molecule has 0 heterocycles. The zero-order valence-corrected chi connectivity index (χ0v) is 8.75. The van der Waals surface area contributed by atoms with Gasteiger partial charge in [0.15, 0.2) is 11.6 Å². The van der Waals surface area contributed by atoms with Gasteiger partial charge in [0, 0.05) is 5.56 Å². The van der Waals surface area contributed by atoms with Crippen molar-refractivity contribution in [3.8, 4) is 0 Å². The molecule has 14 heavy (non-hydrogen) atoms. The van der Waals surface area contributed by atoms with Crippen LogP contribution in [0, 0.1) is 25.5 Å². The van der Waals surface area contributed by atoms with E-state index in [1.807, 2.05) is 6.92 Å². The summed E-state index contributed by atoms with van der Waals surface area (Å²) in [6.07, 6.45) is 2.07. The van der Waals surface area contributed by atoms with Crippen molar-refractivity contribution < 1.29 is 8.78 Å². The van der Waals surface area contributed by atoms with Crippen LogP contribution >= 0.6 is 0 Å². The molecular formula is C12H14F2. The summed E-state index contributed by atoms with van der Waals surface area (Å²) in [5, 5.41) is 0. The first-order valence-corrected chi connectivity index (χ1v) is 4.64. The van der Waals surface area contributed by atoms with Crippen molar-refractivity contribution in [2.24, 2.45) is 0 Å². The van der Waals surface area contributed by atoms with E-state index in [1.54, 1.807) is 13.8 Å². The van der Waals surface area contributed by atoms with Gasteiger partial charge >= 0.3 is 0 Å². The number of rotatable bonds is 2. The highest BCUT2D eigenvalue weighted by Gasteiger charge is 2.16. The zero-order valence-electron chi connectivity index (χ0n) is 8.75. The number of hydrogen-bond acceptors (Lipinski definition) is 0. The molecule has 0 aliphatic rings. The molecule has 1 aromatic rings. The molecule has 0 bridgehead atoms. The van der Waals surface area contributed by atoms with Crippen molar-refractivity contribution in [2.45, 2.75) is 27.2 Å². The minimum absolute atomic E-state index is 0.282. The molecule has 0 saturated heterocycles. The predicted octanol–water partition coefficient (Wildman–Crippen LogP) is 3.79. The fourth-order valence-electron chi connectivity index (χ4n) is 1.80. The van der Waals surface area contributed by atoms with Crippen LogP contribution in [0.1, 0.15) is 29.2 Å². The van der Waals surface area contributed by atoms with Gasteiger partial charge in [0.25, 0.3) is 0 Å². The molecule has 2 heteroatoms. The third-order valence-electron chi connectivity index (χ3n) is 2.63. The van der Waals surface area contributed by atoms with E-state index in [2.05, 4.69) is 6.58 Å². The second kappa shape index (κ2) is 3.91. The Hall–Kier alpha value is -1.18. The van der Waals surface area contributed by atoms with Gasteiger partial charge in [-0.25, -0.2) is 8.78 Å². The zero-order chi connectivity index (χ0) is 10.9. The van der Waals surface area contributed by atoms with Gasteiger partial charge in [0.2, 0.25) is 0 Å². The third kappa shape index (κ3) is 1.45. The average Bonchev–Trinajstić information content (AvgIpc) is 2.16. The van der Waals surface area contributed by atoms with E-state index in [9.17, 15) is 8.78 Å². The number of benzene rings is 1. The topological polar surface area (TPSA) is 0 Å². The Morgan fingerprint density at radius 3 is 2.14 bits per heavy atom. The Kier molecular flexibility index (Phi) is 3.04. The minimum atomic E-state index is -0.785. The fraction of sp³-hybridized carbons (Fsp3) is 0.333. The van der Waals surface area contributed by atoms with Crippen molar-refractivity contribution in [1.82, 2.24) is 0 Å². The molecule has 0 aromatic heterocycles. The lowest BCUT2D eigenvalue weighted by Crippen LogP contribution is -2.03. The molecule has 0 saturated carbocycles. The van der Waals surface area contributed by atoms with Gasteiger partial charge in [0.1, 0.15) is 0 Å². The first kappa shape index (κ1) is 10.9. The Morgan fingerprint density at radius 2 is 1.71 bits per heavy atom. The van der Waals surface area contributed by atoms with Crippen LogP contribution in [-0.4, -0.2) is 0 Å². The summed E-state index contributed by atoms with van der Waals surface area (Å²) in [5.41, 5.74) is 2.36. The third-order valence-corrected chi connectivity index (χ3v) is 2.63. The summed E-state index contributed by atoms with van der Waals surface area (Å²) in [7, 11) is 0. The average molecular weight is 196 g/mol. The molecule has 1 aromatic carbocycles. The van der Waals surface area contributed by atoms with E-state index >= 15 is 0 Å². The van der Waals surface area contributed by atoms with Crippen LogP contribution in [0.3, 0.4) is 0 Å². The minimum Gasteiger partial charge on any atom is -0.203 e. The van der Waals surface area contributed by atoms with Crippen LogP contribution in [0.15, 0.2) is 6.58 Å². The van der Waals surface area contributed by atoms with E-state index in [-0.39, 0.29) is 5.56 Å². The molecule has 0 radical (unpaired) electrons. The molecule has 76 valence electrons. The maximum Gasteiger partial charge on any atom is 0.166 e. The van der Waals surface area contributed by atoms with Gasteiger partial charge < -0.3 is 0 Å². The van der Waals surface area contributed by atoms with Crippen molar-refractivity contribution in [2.75, 3.05) is 0 Å².